The first-order valence-corrected chi connectivity index (χ1v) is 20.7. The molecule has 276 valence electrons. The Balaban J connectivity index is 1.09. The first-order valence-electron chi connectivity index (χ1n) is 20.7. The summed E-state index contributed by atoms with van der Waals surface area (Å²) in [7, 11) is 0. The number of para-hydroxylation sites is 1. The normalized spacial score (nSPS) is 14.9. The average molecular weight is 736 g/mol. The van der Waals surface area contributed by atoms with Gasteiger partial charge in [0.25, 0.3) is 0 Å². The number of nitrogens with zero attached hydrogens (tertiary/aromatic N) is 1. The van der Waals surface area contributed by atoms with Gasteiger partial charge in [0, 0.05) is 22.2 Å². The van der Waals surface area contributed by atoms with Crippen molar-refractivity contribution >= 4 is 49.8 Å². The average Bonchev–Trinajstić information content (AvgIpc) is 3.76. The Morgan fingerprint density at radius 1 is 0.509 bits per heavy atom. The van der Waals surface area contributed by atoms with E-state index in [-0.39, 0.29) is 5.41 Å². The molecule has 2 aliphatic rings. The van der Waals surface area contributed by atoms with E-state index >= 15 is 0 Å². The topological polar surface area (TPSA) is 16.4 Å². The minimum absolute atomic E-state index is 0.126. The van der Waals surface area contributed by atoms with Crippen LogP contribution in [0, 0.1) is 0 Å². The maximum atomic E-state index is 6.48. The molecular formula is C55H45NO. The van der Waals surface area contributed by atoms with Crippen LogP contribution in [0.2, 0.25) is 0 Å². The molecule has 0 bridgehead atoms. The molecule has 0 atom stereocenters. The van der Waals surface area contributed by atoms with E-state index in [9.17, 15) is 0 Å². The summed E-state index contributed by atoms with van der Waals surface area (Å²) in [5, 5.41) is 4.76. The minimum Gasteiger partial charge on any atom is -0.456 e. The maximum absolute atomic E-state index is 6.48. The molecule has 0 radical (unpaired) electrons. The van der Waals surface area contributed by atoms with Crippen LogP contribution in [0.15, 0.2) is 174 Å². The van der Waals surface area contributed by atoms with Crippen LogP contribution in [-0.4, -0.2) is 0 Å². The summed E-state index contributed by atoms with van der Waals surface area (Å²) in [6, 6.07) is 62.6. The zero-order valence-corrected chi connectivity index (χ0v) is 32.6. The molecule has 0 N–H and O–H groups in total. The molecule has 2 heteroatoms. The fraction of sp³-hybridized carbons (Fsp3) is 0.164. The molecule has 0 saturated heterocycles. The third-order valence-electron chi connectivity index (χ3n) is 13.1. The Bertz CT molecular complexity index is 2960. The van der Waals surface area contributed by atoms with Gasteiger partial charge in [-0.25, -0.2) is 0 Å². The Labute approximate surface area is 335 Å². The van der Waals surface area contributed by atoms with Crippen molar-refractivity contribution < 1.29 is 4.42 Å². The molecule has 0 amide bonds. The third kappa shape index (κ3) is 5.46. The number of anilines is 3. The highest BCUT2D eigenvalue weighted by molar-refractivity contribution is 6.13. The lowest BCUT2D eigenvalue weighted by atomic mass is 9.78. The van der Waals surface area contributed by atoms with Gasteiger partial charge in [-0.3, -0.25) is 0 Å². The summed E-state index contributed by atoms with van der Waals surface area (Å²) in [5.41, 5.74) is 17.2. The highest BCUT2D eigenvalue weighted by atomic mass is 16.3. The lowest BCUT2D eigenvalue weighted by molar-refractivity contribution is 0.444. The number of hydrogen-bond acceptors (Lipinski definition) is 2. The number of fused-ring (bicyclic) bond motifs is 7. The first-order chi connectivity index (χ1) is 28.0. The van der Waals surface area contributed by atoms with E-state index in [0.29, 0.717) is 5.92 Å². The second-order valence-electron chi connectivity index (χ2n) is 16.7. The van der Waals surface area contributed by atoms with E-state index in [1.54, 1.807) is 5.56 Å². The molecule has 0 aliphatic heterocycles. The molecule has 2 nitrogen and oxygen atoms in total. The molecular weight excluding hydrogens is 691 g/mol. The smallest absolute Gasteiger partial charge is 0.137 e. The molecule has 1 aromatic heterocycles. The van der Waals surface area contributed by atoms with E-state index in [1.807, 2.05) is 0 Å². The number of hydrogen-bond donors (Lipinski definition) is 0. The molecule has 1 heterocycles. The summed E-state index contributed by atoms with van der Waals surface area (Å²) < 4.78 is 6.48. The standard InChI is InChI=1S/C55H45NO/c1-55(2)47-23-13-22-43(36-15-5-3-6-16-36)53(47)45-34-32-41(35-48(45)55)56(49-24-14-26-51-54(49)46-21-11-12-25-50(46)57-51)40-30-27-38(28-31-40)44-33-29-37-17-9-10-20-42(37)52(44)39-18-7-4-8-19-39/h4,7-14,17-36H,3,5-6,15-16H2,1-2H3. The predicted molar refractivity (Wildman–Crippen MR) is 240 cm³/mol. The fourth-order valence-corrected chi connectivity index (χ4v) is 10.3. The van der Waals surface area contributed by atoms with E-state index in [2.05, 4.69) is 189 Å². The zero-order valence-electron chi connectivity index (χ0n) is 32.6. The van der Waals surface area contributed by atoms with Crippen molar-refractivity contribution in [2.45, 2.75) is 57.3 Å². The summed E-state index contributed by atoms with van der Waals surface area (Å²) >= 11 is 0. The van der Waals surface area contributed by atoms with Crippen LogP contribution in [0.4, 0.5) is 17.1 Å². The van der Waals surface area contributed by atoms with Gasteiger partial charge in [0.2, 0.25) is 0 Å². The van der Waals surface area contributed by atoms with Crippen LogP contribution in [0.5, 0.6) is 0 Å². The fourth-order valence-electron chi connectivity index (χ4n) is 10.3. The summed E-state index contributed by atoms with van der Waals surface area (Å²) in [6.07, 6.45) is 6.62. The zero-order chi connectivity index (χ0) is 38.1. The van der Waals surface area contributed by atoms with Crippen molar-refractivity contribution in [3.63, 3.8) is 0 Å². The predicted octanol–water partition coefficient (Wildman–Crippen LogP) is 15.9. The van der Waals surface area contributed by atoms with Crippen LogP contribution in [0.25, 0.3) is 66.1 Å². The lowest BCUT2D eigenvalue weighted by Gasteiger charge is -2.29. The van der Waals surface area contributed by atoms with Gasteiger partial charge >= 0.3 is 0 Å². The van der Waals surface area contributed by atoms with Crippen molar-refractivity contribution in [1.29, 1.82) is 0 Å². The quantitative estimate of drug-likeness (QED) is 0.169. The molecule has 11 rings (SSSR count). The maximum Gasteiger partial charge on any atom is 0.137 e. The summed E-state index contributed by atoms with van der Waals surface area (Å²) in [5.74, 6) is 0.641. The van der Waals surface area contributed by atoms with Crippen LogP contribution in [0.3, 0.4) is 0 Å². The van der Waals surface area contributed by atoms with E-state index in [1.165, 1.54) is 87.4 Å². The molecule has 9 aromatic rings. The highest BCUT2D eigenvalue weighted by Gasteiger charge is 2.38. The Morgan fingerprint density at radius 2 is 1.21 bits per heavy atom. The largest absolute Gasteiger partial charge is 0.456 e. The lowest BCUT2D eigenvalue weighted by Crippen LogP contribution is -2.17. The van der Waals surface area contributed by atoms with Crippen molar-refractivity contribution in [2.75, 3.05) is 4.90 Å². The van der Waals surface area contributed by atoms with Gasteiger partial charge in [0.15, 0.2) is 0 Å². The Hall–Kier alpha value is -6.38. The molecule has 0 unspecified atom stereocenters. The van der Waals surface area contributed by atoms with Gasteiger partial charge < -0.3 is 9.32 Å². The van der Waals surface area contributed by atoms with Crippen molar-refractivity contribution in [3.05, 3.63) is 187 Å². The molecule has 1 fully saturated rings. The summed E-state index contributed by atoms with van der Waals surface area (Å²) in [4.78, 5) is 2.45. The molecule has 2 aliphatic carbocycles. The van der Waals surface area contributed by atoms with Crippen molar-refractivity contribution in [1.82, 2.24) is 0 Å². The molecule has 8 aromatic carbocycles. The van der Waals surface area contributed by atoms with Crippen LogP contribution < -0.4 is 4.90 Å². The van der Waals surface area contributed by atoms with Crippen LogP contribution in [0.1, 0.15) is 68.6 Å². The van der Waals surface area contributed by atoms with E-state index in [0.717, 1.165) is 39.0 Å². The Kier molecular flexibility index (Phi) is 7.96. The Morgan fingerprint density at radius 3 is 2.05 bits per heavy atom. The van der Waals surface area contributed by atoms with E-state index in [4.69, 9.17) is 4.42 Å². The SMILES string of the molecule is CC1(C)c2cc(N(c3ccc(-c4ccc5ccccc5c4-c4ccccc4)cc3)c3cccc4oc5ccccc5c34)ccc2-c2c(C3CCCCC3)cccc21. The van der Waals surface area contributed by atoms with E-state index < -0.39 is 0 Å². The van der Waals surface area contributed by atoms with Crippen molar-refractivity contribution in [3.8, 4) is 33.4 Å². The number of furan rings is 1. The molecule has 1 saturated carbocycles. The summed E-state index contributed by atoms with van der Waals surface area (Å²) in [6.45, 7) is 4.84. The number of rotatable bonds is 6. The minimum atomic E-state index is -0.126. The van der Waals surface area contributed by atoms with Gasteiger partial charge in [-0.05, 0) is 122 Å². The van der Waals surface area contributed by atoms with Gasteiger partial charge in [-0.2, -0.15) is 0 Å². The van der Waals surface area contributed by atoms with Crippen molar-refractivity contribution in [2.24, 2.45) is 0 Å². The second kappa shape index (κ2) is 13.4. The molecule has 57 heavy (non-hydrogen) atoms. The van der Waals surface area contributed by atoms with Gasteiger partial charge in [-0.1, -0.05) is 161 Å². The monoisotopic (exact) mass is 735 g/mol. The van der Waals surface area contributed by atoms with Gasteiger partial charge in [-0.15, -0.1) is 0 Å². The van der Waals surface area contributed by atoms with Crippen LogP contribution in [-0.2, 0) is 5.41 Å². The number of benzene rings is 8. The van der Waals surface area contributed by atoms with Gasteiger partial charge in [0.05, 0.1) is 11.1 Å². The highest BCUT2D eigenvalue weighted by Crippen LogP contribution is 2.54. The van der Waals surface area contributed by atoms with Crippen LogP contribution >= 0.6 is 0 Å². The second-order valence-corrected chi connectivity index (χ2v) is 16.7. The molecule has 0 spiro atoms. The van der Waals surface area contributed by atoms with Gasteiger partial charge in [0.1, 0.15) is 11.2 Å². The first kappa shape index (κ1) is 33.9. The third-order valence-corrected chi connectivity index (χ3v) is 13.1.